The zero-order valence-electron chi connectivity index (χ0n) is 17.7. The predicted octanol–water partition coefficient (Wildman–Crippen LogP) is 4.73. The summed E-state index contributed by atoms with van der Waals surface area (Å²) in [4.78, 5) is 16.8. The molecule has 0 unspecified atom stereocenters. The summed E-state index contributed by atoms with van der Waals surface area (Å²) in [6.07, 6.45) is 5.87. The second-order valence-electron chi connectivity index (χ2n) is 8.96. The van der Waals surface area contributed by atoms with E-state index >= 15 is 0 Å². The molecule has 154 valence electrons. The van der Waals surface area contributed by atoms with Crippen LogP contribution < -0.4 is 11.1 Å². The van der Waals surface area contributed by atoms with Crippen LogP contribution in [0.5, 0.6) is 0 Å². The van der Waals surface area contributed by atoms with Crippen molar-refractivity contribution in [2.24, 2.45) is 11.3 Å². The Hall–Kier alpha value is -3.33. The van der Waals surface area contributed by atoms with Crippen LogP contribution in [0.2, 0.25) is 0 Å². The quantitative estimate of drug-likeness (QED) is 0.553. The third-order valence-corrected chi connectivity index (χ3v) is 5.35. The fourth-order valence-electron chi connectivity index (χ4n) is 3.76. The van der Waals surface area contributed by atoms with Crippen LogP contribution in [0, 0.1) is 23.2 Å². The second kappa shape index (κ2) is 7.83. The van der Waals surface area contributed by atoms with Gasteiger partial charge in [0.1, 0.15) is 5.82 Å². The molecule has 1 amide bonds. The molecular weight excluding hydrogens is 374 g/mol. The number of anilines is 2. The molecule has 0 spiro atoms. The molecule has 2 heterocycles. The molecule has 0 radical (unpaired) electrons. The highest BCUT2D eigenvalue weighted by Gasteiger charge is 2.23. The number of hydrogen-bond donors (Lipinski definition) is 3. The zero-order chi connectivity index (χ0) is 21.3. The van der Waals surface area contributed by atoms with Crippen molar-refractivity contribution in [3.05, 3.63) is 36.0 Å². The minimum atomic E-state index is -0.123. The topological polar surface area (TPSA) is 96.7 Å². The lowest BCUT2D eigenvalue weighted by atomic mass is 9.96. The number of rotatable bonds is 3. The van der Waals surface area contributed by atoms with Crippen LogP contribution >= 0.6 is 0 Å². The lowest BCUT2D eigenvalue weighted by molar-refractivity contribution is -0.119. The average molecular weight is 402 g/mol. The van der Waals surface area contributed by atoms with Crippen molar-refractivity contribution in [3.63, 3.8) is 0 Å². The van der Waals surface area contributed by atoms with E-state index in [1.807, 2.05) is 24.3 Å². The number of carbonyl (C=O) groups is 1. The molecule has 30 heavy (non-hydrogen) atoms. The van der Waals surface area contributed by atoms with E-state index in [4.69, 9.17) is 5.73 Å². The number of nitrogen functional groups attached to an aromatic ring is 1. The molecule has 3 aromatic rings. The molecule has 1 aliphatic carbocycles. The van der Waals surface area contributed by atoms with Crippen molar-refractivity contribution in [3.8, 4) is 23.0 Å². The molecule has 6 heteroatoms. The number of H-pyrrole nitrogens is 1. The Morgan fingerprint density at radius 3 is 2.70 bits per heavy atom. The average Bonchev–Trinajstić information content (AvgIpc) is 3.36. The van der Waals surface area contributed by atoms with Crippen molar-refractivity contribution >= 4 is 28.4 Å². The zero-order valence-corrected chi connectivity index (χ0v) is 17.7. The summed E-state index contributed by atoms with van der Waals surface area (Å²) < 4.78 is 0. The Kier molecular flexibility index (Phi) is 5.21. The number of nitrogens with one attached hydrogen (secondary N) is 2. The van der Waals surface area contributed by atoms with Crippen molar-refractivity contribution in [2.45, 2.75) is 46.5 Å². The van der Waals surface area contributed by atoms with E-state index in [0.717, 1.165) is 53.3 Å². The number of aromatic nitrogens is 3. The summed E-state index contributed by atoms with van der Waals surface area (Å²) in [6, 6.07) is 7.83. The largest absolute Gasteiger partial charge is 0.382 e. The number of benzene rings is 1. The fraction of sp³-hybridized carbons (Fsp3) is 0.375. The molecule has 1 fully saturated rings. The van der Waals surface area contributed by atoms with E-state index in [-0.39, 0.29) is 17.2 Å². The van der Waals surface area contributed by atoms with Gasteiger partial charge in [-0.3, -0.25) is 9.89 Å². The first-order valence-electron chi connectivity index (χ1n) is 10.4. The van der Waals surface area contributed by atoms with Gasteiger partial charge in [0, 0.05) is 22.9 Å². The van der Waals surface area contributed by atoms with E-state index in [2.05, 4.69) is 53.1 Å². The number of aromatic amines is 1. The highest BCUT2D eigenvalue weighted by molar-refractivity contribution is 5.97. The van der Waals surface area contributed by atoms with Gasteiger partial charge in [-0.2, -0.15) is 5.10 Å². The Morgan fingerprint density at radius 1 is 1.20 bits per heavy atom. The molecule has 4 N–H and O–H groups in total. The van der Waals surface area contributed by atoms with Gasteiger partial charge in [-0.1, -0.05) is 24.7 Å². The van der Waals surface area contributed by atoms with Crippen LogP contribution in [-0.2, 0) is 4.79 Å². The molecule has 6 nitrogen and oxygen atoms in total. The number of amides is 1. The van der Waals surface area contributed by atoms with Crippen LogP contribution in [-0.4, -0.2) is 21.1 Å². The van der Waals surface area contributed by atoms with Crippen molar-refractivity contribution in [1.29, 1.82) is 0 Å². The van der Waals surface area contributed by atoms with Gasteiger partial charge in [0.25, 0.3) is 0 Å². The highest BCUT2D eigenvalue weighted by Crippen LogP contribution is 2.31. The van der Waals surface area contributed by atoms with Crippen LogP contribution in [0.4, 0.5) is 11.6 Å². The van der Waals surface area contributed by atoms with E-state index in [9.17, 15) is 4.79 Å². The minimum Gasteiger partial charge on any atom is -0.382 e. The van der Waals surface area contributed by atoms with Crippen LogP contribution in [0.3, 0.4) is 0 Å². The summed E-state index contributed by atoms with van der Waals surface area (Å²) >= 11 is 0. The summed E-state index contributed by atoms with van der Waals surface area (Å²) in [7, 11) is 0. The van der Waals surface area contributed by atoms with Crippen LogP contribution in [0.1, 0.15) is 52.0 Å². The van der Waals surface area contributed by atoms with E-state index in [1.165, 1.54) is 0 Å². The summed E-state index contributed by atoms with van der Waals surface area (Å²) in [5.74, 6) is 7.71. The Balaban J connectivity index is 1.71. The number of fused-ring (bicyclic) bond motifs is 1. The first-order valence-corrected chi connectivity index (χ1v) is 10.4. The van der Waals surface area contributed by atoms with Crippen molar-refractivity contribution in [2.75, 3.05) is 11.1 Å². The number of nitrogens with two attached hydrogens (primary N) is 1. The third-order valence-electron chi connectivity index (χ3n) is 5.35. The number of nitrogens with zero attached hydrogens (tertiary/aromatic N) is 2. The maximum absolute atomic E-state index is 12.5. The van der Waals surface area contributed by atoms with Crippen molar-refractivity contribution in [1.82, 2.24) is 15.2 Å². The molecule has 1 saturated carbocycles. The molecule has 0 saturated heterocycles. The summed E-state index contributed by atoms with van der Waals surface area (Å²) in [6.45, 7) is 6.22. The number of hydrogen-bond acceptors (Lipinski definition) is 4. The Labute approximate surface area is 176 Å². The van der Waals surface area contributed by atoms with Gasteiger partial charge in [-0.15, -0.1) is 0 Å². The van der Waals surface area contributed by atoms with E-state index in [1.54, 1.807) is 6.20 Å². The summed E-state index contributed by atoms with van der Waals surface area (Å²) in [5, 5.41) is 11.0. The first kappa shape index (κ1) is 20.0. The number of carbonyl (C=O) groups excluding carboxylic acids is 1. The maximum Gasteiger partial charge on any atom is 0.228 e. The molecule has 1 aliphatic rings. The van der Waals surface area contributed by atoms with E-state index < -0.39 is 0 Å². The van der Waals surface area contributed by atoms with Crippen LogP contribution in [0.25, 0.3) is 22.0 Å². The molecule has 4 rings (SSSR count). The Morgan fingerprint density at radius 2 is 1.97 bits per heavy atom. The normalized spacial score (nSPS) is 14.5. The third kappa shape index (κ3) is 4.30. The van der Waals surface area contributed by atoms with Gasteiger partial charge in [0.05, 0.1) is 11.1 Å². The van der Waals surface area contributed by atoms with Gasteiger partial charge in [0.15, 0.2) is 5.82 Å². The lowest BCUT2D eigenvalue weighted by Gasteiger charge is -2.11. The fourth-order valence-corrected chi connectivity index (χ4v) is 3.76. The van der Waals surface area contributed by atoms with Crippen molar-refractivity contribution < 1.29 is 4.79 Å². The lowest BCUT2D eigenvalue weighted by Crippen LogP contribution is -2.20. The van der Waals surface area contributed by atoms with Crippen LogP contribution in [0.15, 0.2) is 30.5 Å². The minimum absolute atomic E-state index is 0.0587. The standard InChI is InChI=1S/C24H27N5O/c1-24(2,3)10-8-17-12-18(13-19-21(17)28-29-22(19)25)16-9-11-26-20(14-16)27-23(30)15-6-4-5-7-15/h9,11-15H,4-7H2,1-3H3,(H3,25,28,29)(H,26,27,30). The predicted molar refractivity (Wildman–Crippen MR) is 121 cm³/mol. The monoisotopic (exact) mass is 401 g/mol. The maximum atomic E-state index is 12.5. The number of pyridine rings is 1. The van der Waals surface area contributed by atoms with Gasteiger partial charge in [0.2, 0.25) is 5.91 Å². The molecule has 2 aromatic heterocycles. The first-order chi connectivity index (χ1) is 14.3. The molecule has 0 aliphatic heterocycles. The van der Waals surface area contributed by atoms with Gasteiger partial charge in [-0.25, -0.2) is 4.98 Å². The molecule has 1 aromatic carbocycles. The van der Waals surface area contributed by atoms with Gasteiger partial charge in [-0.05, 0) is 69.0 Å². The SMILES string of the molecule is CC(C)(C)C#Cc1cc(-c2ccnc(NC(=O)C3CCCC3)c2)cc2c(N)n[nH]c12. The molecule has 0 atom stereocenters. The molecular formula is C24H27N5O. The highest BCUT2D eigenvalue weighted by atomic mass is 16.1. The smallest absolute Gasteiger partial charge is 0.228 e. The Bertz CT molecular complexity index is 1150. The summed E-state index contributed by atoms with van der Waals surface area (Å²) in [5.41, 5.74) is 9.52. The van der Waals surface area contributed by atoms with Gasteiger partial charge >= 0.3 is 0 Å². The molecule has 0 bridgehead atoms. The second-order valence-corrected chi connectivity index (χ2v) is 8.96. The van der Waals surface area contributed by atoms with E-state index in [0.29, 0.717) is 11.6 Å². The van der Waals surface area contributed by atoms with Gasteiger partial charge < -0.3 is 11.1 Å².